The second-order valence-electron chi connectivity index (χ2n) is 18.8. The zero-order valence-corrected chi connectivity index (χ0v) is 43.3. The van der Waals surface area contributed by atoms with Crippen LogP contribution in [0.3, 0.4) is 0 Å². The summed E-state index contributed by atoms with van der Waals surface area (Å²) < 4.78 is 16.8. The molecule has 0 radical (unpaired) electrons. The van der Waals surface area contributed by atoms with Gasteiger partial charge in [0.25, 0.3) is 0 Å². The van der Waals surface area contributed by atoms with Crippen LogP contribution in [0.5, 0.6) is 0 Å². The van der Waals surface area contributed by atoms with Crippen molar-refractivity contribution in [2.45, 2.75) is 297 Å². The number of carbonyl (C=O) groups excluding carboxylic acids is 3. The second-order valence-corrected chi connectivity index (χ2v) is 18.8. The van der Waals surface area contributed by atoms with Crippen LogP contribution < -0.4 is 0 Å². The molecule has 0 saturated heterocycles. The van der Waals surface area contributed by atoms with Gasteiger partial charge in [-0.1, -0.05) is 262 Å². The first-order valence-electron chi connectivity index (χ1n) is 28.1. The minimum Gasteiger partial charge on any atom is -0.462 e. The van der Waals surface area contributed by atoms with Crippen LogP contribution in [-0.4, -0.2) is 37.2 Å². The lowest BCUT2D eigenvalue weighted by Crippen LogP contribution is -2.30. The fraction of sp³-hybridized carbons (Fsp3) is 0.814. The molecule has 0 heterocycles. The predicted molar refractivity (Wildman–Crippen MR) is 279 cm³/mol. The van der Waals surface area contributed by atoms with Gasteiger partial charge in [-0.3, -0.25) is 14.4 Å². The van der Waals surface area contributed by atoms with Crippen molar-refractivity contribution in [3.63, 3.8) is 0 Å². The molecular formula is C59H106O6. The van der Waals surface area contributed by atoms with Gasteiger partial charge in [0.15, 0.2) is 6.10 Å². The van der Waals surface area contributed by atoms with E-state index < -0.39 is 6.10 Å². The first kappa shape index (κ1) is 62.4. The molecule has 0 amide bonds. The molecule has 0 unspecified atom stereocenters. The maximum atomic E-state index is 12.8. The zero-order valence-electron chi connectivity index (χ0n) is 43.3. The summed E-state index contributed by atoms with van der Waals surface area (Å²) in [6, 6.07) is 0. The van der Waals surface area contributed by atoms with Gasteiger partial charge in [0, 0.05) is 19.3 Å². The van der Waals surface area contributed by atoms with E-state index >= 15 is 0 Å². The molecule has 6 nitrogen and oxygen atoms in total. The molecule has 0 aromatic carbocycles. The fourth-order valence-electron chi connectivity index (χ4n) is 8.14. The third-order valence-electron chi connectivity index (χ3n) is 12.3. The highest BCUT2D eigenvalue weighted by atomic mass is 16.6. The molecule has 0 spiro atoms. The lowest BCUT2D eigenvalue weighted by Gasteiger charge is -2.18. The van der Waals surface area contributed by atoms with E-state index in [0.717, 1.165) is 96.3 Å². The van der Waals surface area contributed by atoms with Crippen molar-refractivity contribution in [3.05, 3.63) is 48.6 Å². The van der Waals surface area contributed by atoms with Crippen LogP contribution in [0.2, 0.25) is 0 Å². The quantitative estimate of drug-likeness (QED) is 0.0262. The second kappa shape index (κ2) is 54.0. The number of esters is 3. The van der Waals surface area contributed by atoms with Crippen molar-refractivity contribution in [1.82, 2.24) is 0 Å². The summed E-state index contributed by atoms with van der Waals surface area (Å²) >= 11 is 0. The average Bonchev–Trinajstić information content (AvgIpc) is 3.30. The molecule has 0 aromatic rings. The third kappa shape index (κ3) is 52.2. The molecule has 0 rings (SSSR count). The van der Waals surface area contributed by atoms with Crippen LogP contribution in [0.1, 0.15) is 290 Å². The minimum absolute atomic E-state index is 0.0789. The van der Waals surface area contributed by atoms with E-state index in [0.29, 0.717) is 19.3 Å². The minimum atomic E-state index is -0.782. The van der Waals surface area contributed by atoms with Crippen molar-refractivity contribution >= 4 is 17.9 Å². The van der Waals surface area contributed by atoms with Crippen LogP contribution in [0.25, 0.3) is 0 Å². The van der Waals surface area contributed by atoms with Crippen molar-refractivity contribution in [2.75, 3.05) is 13.2 Å². The summed E-state index contributed by atoms with van der Waals surface area (Å²) in [5.74, 6) is -0.888. The summed E-state index contributed by atoms with van der Waals surface area (Å²) in [5, 5.41) is 0. The van der Waals surface area contributed by atoms with Gasteiger partial charge in [0.05, 0.1) is 0 Å². The Hall–Kier alpha value is -2.63. The molecular weight excluding hydrogens is 805 g/mol. The van der Waals surface area contributed by atoms with Gasteiger partial charge in [0.2, 0.25) is 0 Å². The lowest BCUT2D eigenvalue weighted by atomic mass is 10.0. The third-order valence-corrected chi connectivity index (χ3v) is 12.3. The molecule has 0 aromatic heterocycles. The van der Waals surface area contributed by atoms with Crippen molar-refractivity contribution in [2.24, 2.45) is 0 Å². The molecule has 0 saturated carbocycles. The van der Waals surface area contributed by atoms with E-state index in [1.807, 2.05) is 0 Å². The largest absolute Gasteiger partial charge is 0.462 e. The molecule has 6 heteroatoms. The van der Waals surface area contributed by atoms with Gasteiger partial charge < -0.3 is 14.2 Å². The van der Waals surface area contributed by atoms with Crippen LogP contribution >= 0.6 is 0 Å². The maximum Gasteiger partial charge on any atom is 0.306 e. The standard InChI is InChI=1S/C59H106O6/c1-4-7-10-13-16-19-22-25-27-29-31-34-37-40-43-46-49-52-58(61)64-55-56(54-63-57(60)51-48-45-42-39-36-33-24-21-18-15-12-9-6-3)65-59(62)53-50-47-44-41-38-35-32-30-28-26-23-20-17-14-11-8-5-2/h8,11,17,20,26,28,32,35,56H,4-7,9-10,12-16,18-19,21-25,27,29-31,33-34,36-55H2,1-3H3/b11-8-,20-17-,28-26-,35-32-/t56-/m0/s1. The molecule has 0 aliphatic heterocycles. The highest BCUT2D eigenvalue weighted by molar-refractivity contribution is 5.71. The smallest absolute Gasteiger partial charge is 0.306 e. The van der Waals surface area contributed by atoms with Crippen LogP contribution in [-0.2, 0) is 28.6 Å². The van der Waals surface area contributed by atoms with Gasteiger partial charge in [0.1, 0.15) is 13.2 Å². The van der Waals surface area contributed by atoms with Crippen molar-refractivity contribution < 1.29 is 28.6 Å². The van der Waals surface area contributed by atoms with E-state index in [9.17, 15) is 14.4 Å². The summed E-state index contributed by atoms with van der Waals surface area (Å²) in [6.07, 6.45) is 65.2. The number of hydrogen-bond acceptors (Lipinski definition) is 6. The Balaban J connectivity index is 4.38. The Morgan fingerprint density at radius 1 is 0.323 bits per heavy atom. The van der Waals surface area contributed by atoms with Crippen LogP contribution in [0.4, 0.5) is 0 Å². The van der Waals surface area contributed by atoms with Gasteiger partial charge in [-0.15, -0.1) is 0 Å². The molecule has 0 aliphatic carbocycles. The zero-order chi connectivity index (χ0) is 47.2. The Morgan fingerprint density at radius 3 is 0.938 bits per heavy atom. The normalized spacial score (nSPS) is 12.4. The average molecular weight is 911 g/mol. The van der Waals surface area contributed by atoms with Gasteiger partial charge >= 0.3 is 17.9 Å². The predicted octanol–water partition coefficient (Wildman–Crippen LogP) is 18.7. The number of unbranched alkanes of at least 4 members (excludes halogenated alkanes) is 32. The Morgan fingerprint density at radius 2 is 0.600 bits per heavy atom. The summed E-state index contributed by atoms with van der Waals surface area (Å²) in [6.45, 7) is 6.54. The summed E-state index contributed by atoms with van der Waals surface area (Å²) in [4.78, 5) is 38.1. The van der Waals surface area contributed by atoms with E-state index in [2.05, 4.69) is 69.4 Å². The van der Waals surface area contributed by atoms with Gasteiger partial charge in [-0.2, -0.15) is 0 Å². The van der Waals surface area contributed by atoms with E-state index in [1.54, 1.807) is 0 Å². The molecule has 0 bridgehead atoms. The Bertz CT molecular complexity index is 1140. The van der Waals surface area contributed by atoms with Crippen molar-refractivity contribution in [3.8, 4) is 0 Å². The van der Waals surface area contributed by atoms with Gasteiger partial charge in [-0.25, -0.2) is 0 Å². The number of carbonyl (C=O) groups is 3. The topological polar surface area (TPSA) is 78.9 Å². The highest BCUT2D eigenvalue weighted by Gasteiger charge is 2.19. The number of rotatable bonds is 51. The molecule has 65 heavy (non-hydrogen) atoms. The number of allylic oxidation sites excluding steroid dienone is 8. The van der Waals surface area contributed by atoms with Crippen LogP contribution in [0.15, 0.2) is 48.6 Å². The van der Waals surface area contributed by atoms with E-state index in [-0.39, 0.29) is 31.1 Å². The monoisotopic (exact) mass is 911 g/mol. The molecule has 0 N–H and O–H groups in total. The SMILES string of the molecule is CC/C=C\C/C=C\C/C=C\C/C=C\CCCCCCC(=O)O[C@@H](COC(=O)CCCCCCCCCCCCCCC)COC(=O)CCCCCCCCCCCCCCCCCCC. The summed E-state index contributed by atoms with van der Waals surface area (Å²) in [5.41, 5.74) is 0. The van der Waals surface area contributed by atoms with Crippen molar-refractivity contribution in [1.29, 1.82) is 0 Å². The molecule has 1 atom stereocenters. The first-order valence-corrected chi connectivity index (χ1v) is 28.1. The first-order chi connectivity index (χ1) is 32.0. The van der Waals surface area contributed by atoms with Crippen LogP contribution in [0, 0.1) is 0 Å². The maximum absolute atomic E-state index is 12.8. The molecule has 0 fully saturated rings. The van der Waals surface area contributed by atoms with E-state index in [4.69, 9.17) is 14.2 Å². The van der Waals surface area contributed by atoms with E-state index in [1.165, 1.54) is 154 Å². The lowest BCUT2D eigenvalue weighted by molar-refractivity contribution is -0.167. The number of ether oxygens (including phenoxy) is 3. The number of hydrogen-bond donors (Lipinski definition) is 0. The highest BCUT2D eigenvalue weighted by Crippen LogP contribution is 2.16. The summed E-state index contributed by atoms with van der Waals surface area (Å²) in [7, 11) is 0. The molecule has 0 aliphatic rings. The Kier molecular flexibility index (Phi) is 51.8. The fourth-order valence-corrected chi connectivity index (χ4v) is 8.14. The van der Waals surface area contributed by atoms with Gasteiger partial charge in [-0.05, 0) is 57.8 Å². The molecule has 378 valence electrons. The Labute approximate surface area is 403 Å².